The molecular formula is C19H21FN4. The van der Waals surface area contributed by atoms with Crippen molar-refractivity contribution in [1.82, 2.24) is 9.38 Å². The molecule has 5 heteroatoms. The Hall–Kier alpha value is -2.56. The molecule has 0 aliphatic carbocycles. The molecule has 0 aliphatic heterocycles. The molecule has 0 atom stereocenters. The monoisotopic (exact) mass is 324 g/mol. The predicted molar refractivity (Wildman–Crippen MR) is 94.1 cm³/mol. The third-order valence-electron chi connectivity index (χ3n) is 4.01. The van der Waals surface area contributed by atoms with Gasteiger partial charge in [-0.1, -0.05) is 31.5 Å². The first-order valence-electron chi connectivity index (χ1n) is 8.04. The number of hydrogen-bond donors (Lipinski definition) is 0. The quantitative estimate of drug-likeness (QED) is 0.550. The Balaban J connectivity index is 2.16. The molecule has 4 nitrogen and oxygen atoms in total. The molecule has 1 aromatic carbocycles. The zero-order chi connectivity index (χ0) is 17.4. The summed E-state index contributed by atoms with van der Waals surface area (Å²) in [7, 11) is 0. The second kappa shape index (κ2) is 6.15. The Morgan fingerprint density at radius 3 is 2.33 bits per heavy atom. The van der Waals surface area contributed by atoms with Crippen molar-refractivity contribution in [3.8, 4) is 0 Å². The van der Waals surface area contributed by atoms with Gasteiger partial charge in [-0.25, -0.2) is 9.37 Å². The second-order valence-electron chi connectivity index (χ2n) is 6.50. The Kier molecular flexibility index (Phi) is 4.18. The fourth-order valence-electron chi connectivity index (χ4n) is 2.94. The SMILES string of the molecule is Cc1cc(C)c(N=Nc2c(C(C)C)nc3ccc(F)cn23)c(C)c1. The van der Waals surface area contributed by atoms with Crippen LogP contribution in [0.15, 0.2) is 40.7 Å². The molecule has 0 amide bonds. The lowest BCUT2D eigenvalue weighted by Crippen LogP contribution is -1.89. The number of pyridine rings is 1. The van der Waals surface area contributed by atoms with Crippen LogP contribution in [0.3, 0.4) is 0 Å². The van der Waals surface area contributed by atoms with Crippen LogP contribution in [-0.4, -0.2) is 9.38 Å². The van der Waals surface area contributed by atoms with E-state index in [0.717, 1.165) is 22.5 Å². The lowest BCUT2D eigenvalue weighted by Gasteiger charge is -2.06. The maximum absolute atomic E-state index is 13.6. The lowest BCUT2D eigenvalue weighted by atomic mass is 10.1. The molecule has 0 spiro atoms. The van der Waals surface area contributed by atoms with E-state index in [9.17, 15) is 4.39 Å². The molecule has 0 fully saturated rings. The van der Waals surface area contributed by atoms with Crippen molar-refractivity contribution in [3.05, 3.63) is 58.7 Å². The Morgan fingerprint density at radius 1 is 1.04 bits per heavy atom. The van der Waals surface area contributed by atoms with Crippen LogP contribution in [0.1, 0.15) is 42.1 Å². The van der Waals surface area contributed by atoms with E-state index in [-0.39, 0.29) is 11.7 Å². The standard InChI is InChI=1S/C19H21FN4/c1-11(2)17-19(24-10-15(20)6-7-16(24)21-17)23-22-18-13(4)8-12(3)9-14(18)5/h6-11H,1-5H3. The highest BCUT2D eigenvalue weighted by Crippen LogP contribution is 2.31. The van der Waals surface area contributed by atoms with Crippen LogP contribution in [0.5, 0.6) is 0 Å². The number of aromatic nitrogens is 2. The van der Waals surface area contributed by atoms with Gasteiger partial charge in [0.1, 0.15) is 11.5 Å². The second-order valence-corrected chi connectivity index (χ2v) is 6.50. The molecule has 0 saturated carbocycles. The molecule has 0 bridgehead atoms. The summed E-state index contributed by atoms with van der Waals surface area (Å²) in [5, 5.41) is 8.89. The Bertz CT molecular complexity index is 915. The summed E-state index contributed by atoms with van der Waals surface area (Å²) in [4.78, 5) is 4.57. The first-order valence-corrected chi connectivity index (χ1v) is 8.04. The third-order valence-corrected chi connectivity index (χ3v) is 4.01. The maximum atomic E-state index is 13.6. The molecule has 0 radical (unpaired) electrons. The summed E-state index contributed by atoms with van der Waals surface area (Å²) >= 11 is 0. The number of fused-ring (bicyclic) bond motifs is 1. The highest BCUT2D eigenvalue weighted by Gasteiger charge is 2.16. The minimum absolute atomic E-state index is 0.169. The molecule has 24 heavy (non-hydrogen) atoms. The number of halogens is 1. The van der Waals surface area contributed by atoms with Crippen molar-refractivity contribution >= 4 is 17.2 Å². The van der Waals surface area contributed by atoms with E-state index in [2.05, 4.69) is 34.3 Å². The van der Waals surface area contributed by atoms with Crippen molar-refractivity contribution in [2.45, 2.75) is 40.5 Å². The van der Waals surface area contributed by atoms with Crippen LogP contribution in [0.25, 0.3) is 5.65 Å². The molecule has 0 saturated heterocycles. The van der Waals surface area contributed by atoms with Crippen molar-refractivity contribution in [3.63, 3.8) is 0 Å². The van der Waals surface area contributed by atoms with Gasteiger partial charge in [-0.2, -0.15) is 0 Å². The van der Waals surface area contributed by atoms with Crippen LogP contribution in [0.4, 0.5) is 15.9 Å². The summed E-state index contributed by atoms with van der Waals surface area (Å²) in [6, 6.07) is 7.22. The Morgan fingerprint density at radius 2 is 1.71 bits per heavy atom. The van der Waals surface area contributed by atoms with Crippen LogP contribution in [-0.2, 0) is 0 Å². The van der Waals surface area contributed by atoms with Crippen molar-refractivity contribution in [2.75, 3.05) is 0 Å². The normalized spacial score (nSPS) is 12.0. The molecule has 3 aromatic rings. The number of azo groups is 1. The lowest BCUT2D eigenvalue weighted by molar-refractivity contribution is 0.619. The molecule has 0 aliphatic rings. The van der Waals surface area contributed by atoms with Gasteiger partial charge in [0.05, 0.1) is 11.4 Å². The van der Waals surface area contributed by atoms with Crippen molar-refractivity contribution in [1.29, 1.82) is 0 Å². The summed E-state index contributed by atoms with van der Waals surface area (Å²) < 4.78 is 15.3. The van der Waals surface area contributed by atoms with E-state index in [1.165, 1.54) is 17.8 Å². The van der Waals surface area contributed by atoms with Crippen molar-refractivity contribution in [2.24, 2.45) is 10.2 Å². The van der Waals surface area contributed by atoms with E-state index in [1.54, 1.807) is 10.5 Å². The largest absolute Gasteiger partial charge is 0.280 e. The van der Waals surface area contributed by atoms with Crippen LogP contribution >= 0.6 is 0 Å². The van der Waals surface area contributed by atoms with Crippen LogP contribution < -0.4 is 0 Å². The average Bonchev–Trinajstić information content (AvgIpc) is 2.84. The van der Waals surface area contributed by atoms with E-state index in [0.29, 0.717) is 11.5 Å². The molecule has 2 aromatic heterocycles. The Labute approximate surface area is 141 Å². The molecular weight excluding hydrogens is 303 g/mol. The number of imidazole rings is 1. The molecule has 0 N–H and O–H groups in total. The summed E-state index contributed by atoms with van der Waals surface area (Å²) in [6.07, 6.45) is 1.40. The van der Waals surface area contributed by atoms with Gasteiger partial charge in [0.15, 0.2) is 5.82 Å². The van der Waals surface area contributed by atoms with Gasteiger partial charge in [0.25, 0.3) is 0 Å². The number of rotatable bonds is 3. The molecule has 2 heterocycles. The number of hydrogen-bond acceptors (Lipinski definition) is 3. The molecule has 124 valence electrons. The highest BCUT2D eigenvalue weighted by molar-refractivity contribution is 5.56. The van der Waals surface area contributed by atoms with Crippen LogP contribution in [0, 0.1) is 26.6 Å². The van der Waals surface area contributed by atoms with Crippen molar-refractivity contribution < 1.29 is 4.39 Å². The zero-order valence-corrected chi connectivity index (χ0v) is 14.6. The summed E-state index contributed by atoms with van der Waals surface area (Å²) in [6.45, 7) is 10.2. The fourth-order valence-corrected chi connectivity index (χ4v) is 2.94. The number of benzene rings is 1. The van der Waals surface area contributed by atoms with E-state index >= 15 is 0 Å². The molecule has 0 unspecified atom stereocenters. The average molecular weight is 324 g/mol. The summed E-state index contributed by atoms with van der Waals surface area (Å²) in [5.41, 5.74) is 5.67. The minimum Gasteiger partial charge on any atom is -0.280 e. The number of nitrogens with zero attached hydrogens (tertiary/aromatic N) is 4. The van der Waals surface area contributed by atoms with E-state index < -0.39 is 0 Å². The molecule has 3 rings (SSSR count). The minimum atomic E-state index is -0.325. The maximum Gasteiger partial charge on any atom is 0.183 e. The van der Waals surface area contributed by atoms with Gasteiger partial charge in [-0.3, -0.25) is 4.40 Å². The van der Waals surface area contributed by atoms with Gasteiger partial charge >= 0.3 is 0 Å². The fraction of sp³-hybridized carbons (Fsp3) is 0.316. The first kappa shape index (κ1) is 16.3. The highest BCUT2D eigenvalue weighted by atomic mass is 19.1. The van der Waals surface area contributed by atoms with Gasteiger partial charge in [-0.15, -0.1) is 10.2 Å². The van der Waals surface area contributed by atoms with Gasteiger partial charge < -0.3 is 0 Å². The topological polar surface area (TPSA) is 42.0 Å². The number of aryl methyl sites for hydroxylation is 3. The van der Waals surface area contributed by atoms with E-state index in [1.807, 2.05) is 27.7 Å². The third kappa shape index (κ3) is 2.94. The summed E-state index contributed by atoms with van der Waals surface area (Å²) in [5.74, 6) is 0.426. The van der Waals surface area contributed by atoms with Gasteiger partial charge in [-0.05, 0) is 49.9 Å². The predicted octanol–water partition coefficient (Wildman–Crippen LogP) is 5.94. The van der Waals surface area contributed by atoms with Gasteiger partial charge in [0, 0.05) is 6.20 Å². The van der Waals surface area contributed by atoms with Crippen LogP contribution in [0.2, 0.25) is 0 Å². The van der Waals surface area contributed by atoms with E-state index in [4.69, 9.17) is 0 Å². The van der Waals surface area contributed by atoms with Gasteiger partial charge in [0.2, 0.25) is 0 Å². The zero-order valence-electron chi connectivity index (χ0n) is 14.6. The first-order chi connectivity index (χ1) is 11.4. The smallest absolute Gasteiger partial charge is 0.183 e.